The molecule has 2 aliphatic rings. The van der Waals surface area contributed by atoms with Gasteiger partial charge < -0.3 is 9.47 Å². The maximum Gasteiger partial charge on any atom is 0.229 e. The molecule has 1 atom stereocenters. The Morgan fingerprint density at radius 1 is 1.07 bits per heavy atom. The monoisotopic (exact) mass is 421 g/mol. The summed E-state index contributed by atoms with van der Waals surface area (Å²) in [5.74, 6) is 2.16. The van der Waals surface area contributed by atoms with Crippen LogP contribution in [0.5, 0.6) is 11.5 Å². The van der Waals surface area contributed by atoms with Gasteiger partial charge in [-0.15, -0.1) is 0 Å². The maximum atomic E-state index is 13.0. The SMILES string of the molecule is COc1ccc(CN2CSC3=C(C#N)[C@@H](c4ccc(OC)cc4)CC(=O)N3C2)cc1. The van der Waals surface area contributed by atoms with E-state index >= 15 is 0 Å². The van der Waals surface area contributed by atoms with Crippen molar-refractivity contribution in [2.24, 2.45) is 0 Å². The van der Waals surface area contributed by atoms with Gasteiger partial charge in [-0.2, -0.15) is 5.26 Å². The first-order chi connectivity index (χ1) is 14.6. The van der Waals surface area contributed by atoms with E-state index in [0.717, 1.165) is 40.1 Å². The Hall–Kier alpha value is -2.95. The molecule has 2 aromatic rings. The fourth-order valence-electron chi connectivity index (χ4n) is 3.82. The van der Waals surface area contributed by atoms with Gasteiger partial charge in [-0.25, -0.2) is 0 Å². The van der Waals surface area contributed by atoms with E-state index in [1.54, 1.807) is 30.9 Å². The lowest BCUT2D eigenvalue weighted by molar-refractivity contribution is -0.131. The van der Waals surface area contributed by atoms with Crippen molar-refractivity contribution in [1.29, 1.82) is 5.26 Å². The highest BCUT2D eigenvalue weighted by Gasteiger charge is 2.38. The lowest BCUT2D eigenvalue weighted by Crippen LogP contribution is -2.46. The summed E-state index contributed by atoms with van der Waals surface area (Å²) in [5, 5.41) is 10.7. The van der Waals surface area contributed by atoms with Crippen LogP contribution in [0.4, 0.5) is 0 Å². The molecular weight excluding hydrogens is 398 g/mol. The minimum absolute atomic E-state index is 0.0525. The number of fused-ring (bicyclic) bond motifs is 1. The normalized spacial score (nSPS) is 19.3. The molecule has 30 heavy (non-hydrogen) atoms. The second-order valence-corrected chi connectivity index (χ2v) is 8.21. The van der Waals surface area contributed by atoms with E-state index in [0.29, 0.717) is 18.7 Å². The Morgan fingerprint density at radius 3 is 2.30 bits per heavy atom. The summed E-state index contributed by atoms with van der Waals surface area (Å²) < 4.78 is 10.4. The molecule has 2 aliphatic heterocycles. The van der Waals surface area contributed by atoms with Gasteiger partial charge in [0.15, 0.2) is 0 Å². The molecule has 0 aromatic heterocycles. The molecule has 2 aromatic carbocycles. The van der Waals surface area contributed by atoms with Crippen molar-refractivity contribution in [2.75, 3.05) is 26.8 Å². The van der Waals surface area contributed by atoms with Gasteiger partial charge in [0.2, 0.25) is 5.91 Å². The van der Waals surface area contributed by atoms with Gasteiger partial charge in [0, 0.05) is 18.9 Å². The molecule has 0 saturated carbocycles. The van der Waals surface area contributed by atoms with Crippen molar-refractivity contribution < 1.29 is 14.3 Å². The van der Waals surface area contributed by atoms with Gasteiger partial charge >= 0.3 is 0 Å². The lowest BCUT2D eigenvalue weighted by Gasteiger charge is -2.41. The Balaban J connectivity index is 1.53. The molecular formula is C23H23N3O3S. The number of hydrogen-bond acceptors (Lipinski definition) is 6. The van der Waals surface area contributed by atoms with Crippen molar-refractivity contribution in [3.05, 3.63) is 70.3 Å². The number of amides is 1. The summed E-state index contributed by atoms with van der Waals surface area (Å²) in [6.07, 6.45) is 0.301. The molecule has 1 fully saturated rings. The molecule has 0 radical (unpaired) electrons. The van der Waals surface area contributed by atoms with Crippen molar-refractivity contribution in [1.82, 2.24) is 9.80 Å². The predicted molar refractivity (Wildman–Crippen MR) is 116 cm³/mol. The second kappa shape index (κ2) is 8.82. The summed E-state index contributed by atoms with van der Waals surface area (Å²) in [4.78, 5) is 16.9. The predicted octanol–water partition coefficient (Wildman–Crippen LogP) is 3.92. The number of hydrogen-bond donors (Lipinski definition) is 0. The molecule has 0 bridgehead atoms. The zero-order valence-electron chi connectivity index (χ0n) is 17.0. The molecule has 1 saturated heterocycles. The number of ether oxygens (including phenoxy) is 2. The number of benzene rings is 2. The number of allylic oxidation sites excluding steroid dienone is 1. The number of methoxy groups -OCH3 is 2. The highest BCUT2D eigenvalue weighted by Crippen LogP contribution is 2.42. The van der Waals surface area contributed by atoms with Gasteiger partial charge in [0.1, 0.15) is 11.5 Å². The van der Waals surface area contributed by atoms with Crippen LogP contribution >= 0.6 is 11.8 Å². The van der Waals surface area contributed by atoms with Gasteiger partial charge in [-0.05, 0) is 35.4 Å². The molecule has 4 rings (SSSR count). The van der Waals surface area contributed by atoms with Gasteiger partial charge in [0.05, 0.1) is 43.4 Å². The van der Waals surface area contributed by atoms with Gasteiger partial charge in [-0.1, -0.05) is 36.0 Å². The van der Waals surface area contributed by atoms with Crippen LogP contribution in [-0.2, 0) is 11.3 Å². The van der Waals surface area contributed by atoms with Crippen LogP contribution < -0.4 is 9.47 Å². The largest absolute Gasteiger partial charge is 0.497 e. The van der Waals surface area contributed by atoms with E-state index in [-0.39, 0.29) is 11.8 Å². The van der Waals surface area contributed by atoms with Gasteiger partial charge in [-0.3, -0.25) is 14.6 Å². The summed E-state index contributed by atoms with van der Waals surface area (Å²) in [6, 6.07) is 18.0. The van der Waals surface area contributed by atoms with E-state index in [2.05, 4.69) is 11.0 Å². The number of rotatable bonds is 5. The van der Waals surface area contributed by atoms with Crippen LogP contribution in [-0.4, -0.2) is 42.5 Å². The third-order valence-electron chi connectivity index (χ3n) is 5.43. The minimum Gasteiger partial charge on any atom is -0.497 e. The highest BCUT2D eigenvalue weighted by molar-refractivity contribution is 8.03. The first-order valence-electron chi connectivity index (χ1n) is 9.69. The molecule has 6 nitrogen and oxygen atoms in total. The highest BCUT2D eigenvalue weighted by atomic mass is 32.2. The fourth-order valence-corrected chi connectivity index (χ4v) is 4.95. The first-order valence-corrected chi connectivity index (χ1v) is 10.7. The van der Waals surface area contributed by atoms with E-state index in [4.69, 9.17) is 9.47 Å². The Morgan fingerprint density at radius 2 is 1.70 bits per heavy atom. The summed E-state index contributed by atoms with van der Waals surface area (Å²) in [5.41, 5.74) is 2.80. The van der Waals surface area contributed by atoms with E-state index in [1.165, 1.54) is 0 Å². The third kappa shape index (κ3) is 4.02. The van der Waals surface area contributed by atoms with Crippen molar-refractivity contribution in [2.45, 2.75) is 18.9 Å². The molecule has 0 spiro atoms. The number of thioether (sulfide) groups is 1. The van der Waals surface area contributed by atoms with E-state index in [1.807, 2.05) is 48.5 Å². The topological polar surface area (TPSA) is 65.8 Å². The molecule has 154 valence electrons. The molecule has 2 heterocycles. The van der Waals surface area contributed by atoms with Crippen LogP contribution in [0.25, 0.3) is 0 Å². The molecule has 0 N–H and O–H groups in total. The zero-order chi connectivity index (χ0) is 21.1. The van der Waals surface area contributed by atoms with Crippen molar-refractivity contribution >= 4 is 17.7 Å². The number of nitrogens with zero attached hydrogens (tertiary/aromatic N) is 3. The van der Waals surface area contributed by atoms with Crippen molar-refractivity contribution in [3.8, 4) is 17.6 Å². The first kappa shape index (κ1) is 20.3. The molecule has 7 heteroatoms. The Bertz CT molecular complexity index is 996. The van der Waals surface area contributed by atoms with Crippen molar-refractivity contribution in [3.63, 3.8) is 0 Å². The summed E-state index contributed by atoms with van der Waals surface area (Å²) >= 11 is 1.56. The number of carbonyl (C=O) groups excluding carboxylic acids is 1. The number of carbonyl (C=O) groups is 1. The second-order valence-electron chi connectivity index (χ2n) is 7.27. The molecule has 0 aliphatic carbocycles. The summed E-state index contributed by atoms with van der Waals surface area (Å²) in [7, 11) is 3.27. The van der Waals surface area contributed by atoms with E-state index < -0.39 is 0 Å². The third-order valence-corrected chi connectivity index (χ3v) is 6.64. The quantitative estimate of drug-likeness (QED) is 0.729. The average Bonchev–Trinajstić information content (AvgIpc) is 2.80. The maximum absolute atomic E-state index is 13.0. The summed E-state index contributed by atoms with van der Waals surface area (Å²) in [6.45, 7) is 1.23. The zero-order valence-corrected chi connectivity index (χ0v) is 17.8. The lowest BCUT2D eigenvalue weighted by atomic mass is 9.86. The van der Waals surface area contributed by atoms with Crippen LogP contribution in [0, 0.1) is 11.3 Å². The fraction of sp³-hybridized carbons (Fsp3) is 0.304. The smallest absolute Gasteiger partial charge is 0.229 e. The molecule has 1 amide bonds. The van der Waals surface area contributed by atoms with Crippen LogP contribution in [0.15, 0.2) is 59.1 Å². The van der Waals surface area contributed by atoms with Crippen LogP contribution in [0.3, 0.4) is 0 Å². The van der Waals surface area contributed by atoms with E-state index in [9.17, 15) is 10.1 Å². The number of nitriles is 1. The minimum atomic E-state index is -0.208. The Labute approximate surface area is 180 Å². The van der Waals surface area contributed by atoms with Gasteiger partial charge in [0.25, 0.3) is 0 Å². The molecule has 0 unspecified atom stereocenters. The average molecular weight is 422 g/mol. The van der Waals surface area contributed by atoms with Crippen LogP contribution in [0.2, 0.25) is 0 Å². The standard InChI is InChI=1S/C23H23N3O3S/c1-28-18-7-3-16(4-8-18)13-25-14-26-22(27)11-20(21(12-24)23(26)30-15-25)17-5-9-19(29-2)10-6-17/h3-10,20H,11,13-15H2,1-2H3/t20-/m1/s1. The van der Waals surface area contributed by atoms with Crippen LogP contribution in [0.1, 0.15) is 23.5 Å². The Kier molecular flexibility index (Phi) is 5.98.